The normalized spacial score (nSPS) is 11.3. The van der Waals surface area contributed by atoms with Gasteiger partial charge >= 0.3 is 0 Å². The van der Waals surface area contributed by atoms with Gasteiger partial charge in [-0.2, -0.15) is 5.10 Å². The highest BCUT2D eigenvalue weighted by Crippen LogP contribution is 2.27. The molecule has 4 nitrogen and oxygen atoms in total. The molecule has 0 aromatic heterocycles. The Labute approximate surface area is 158 Å². The van der Waals surface area contributed by atoms with Crippen molar-refractivity contribution in [2.24, 2.45) is 5.10 Å². The van der Waals surface area contributed by atoms with Crippen molar-refractivity contribution < 1.29 is 9.53 Å². The molecular weight excluding hydrogens is 436 g/mol. The molecule has 0 fully saturated rings. The third-order valence-electron chi connectivity index (χ3n) is 3.38. The van der Waals surface area contributed by atoms with E-state index < -0.39 is 0 Å². The average molecular weight is 454 g/mol. The van der Waals surface area contributed by atoms with Crippen molar-refractivity contribution in [1.82, 2.24) is 5.43 Å². The van der Waals surface area contributed by atoms with Crippen LogP contribution in [-0.2, 0) is 4.79 Å². The second kappa shape index (κ2) is 8.44. The molecule has 0 aliphatic carbocycles. The fourth-order valence-electron chi connectivity index (χ4n) is 2.20. The minimum atomic E-state index is -0.298. The number of hydrogen-bond donors (Lipinski definition) is 1. The minimum absolute atomic E-state index is 0.0829. The summed E-state index contributed by atoms with van der Waals surface area (Å²) in [6.45, 7) is 5.65. The predicted molar refractivity (Wildman–Crippen MR) is 104 cm³/mol. The molecule has 6 heteroatoms. The Morgan fingerprint density at radius 3 is 2.25 bits per heavy atom. The van der Waals surface area contributed by atoms with Crippen molar-refractivity contribution in [3.63, 3.8) is 0 Å². The van der Waals surface area contributed by atoms with E-state index in [4.69, 9.17) is 4.74 Å². The Hall–Kier alpha value is -1.66. The van der Waals surface area contributed by atoms with Crippen LogP contribution in [0.25, 0.3) is 0 Å². The fourth-order valence-corrected chi connectivity index (χ4v) is 3.15. The third kappa shape index (κ3) is 5.18. The molecule has 0 heterocycles. The molecule has 0 aliphatic heterocycles. The number of hydrogen-bond acceptors (Lipinski definition) is 3. The first-order valence-corrected chi connectivity index (χ1v) is 8.94. The Morgan fingerprint density at radius 1 is 1.08 bits per heavy atom. The summed E-state index contributed by atoms with van der Waals surface area (Å²) in [5, 5.41) is 4.11. The van der Waals surface area contributed by atoms with Crippen LogP contribution in [0.1, 0.15) is 23.6 Å². The molecular formula is C18H18Br2N2O2. The van der Waals surface area contributed by atoms with Gasteiger partial charge in [0.05, 0.1) is 5.71 Å². The molecule has 0 atom stereocenters. The van der Waals surface area contributed by atoms with Crippen LogP contribution in [0.15, 0.2) is 50.4 Å². The van der Waals surface area contributed by atoms with Crippen LogP contribution in [0.4, 0.5) is 0 Å². The highest BCUT2D eigenvalue weighted by molar-refractivity contribution is 9.10. The smallest absolute Gasteiger partial charge is 0.277 e. The van der Waals surface area contributed by atoms with E-state index in [1.54, 1.807) is 0 Å². The number of benzene rings is 2. The maximum atomic E-state index is 11.9. The van der Waals surface area contributed by atoms with E-state index in [1.807, 2.05) is 57.2 Å². The number of aryl methyl sites for hydroxylation is 2. The topological polar surface area (TPSA) is 50.7 Å². The summed E-state index contributed by atoms with van der Waals surface area (Å²) < 4.78 is 7.62. The van der Waals surface area contributed by atoms with Crippen LogP contribution in [0.3, 0.4) is 0 Å². The maximum Gasteiger partial charge on any atom is 0.277 e. The zero-order valence-corrected chi connectivity index (χ0v) is 16.9. The molecule has 2 aromatic rings. The third-order valence-corrected chi connectivity index (χ3v) is 4.37. The number of carbonyl (C=O) groups excluding carboxylic acids is 1. The molecule has 0 unspecified atom stereocenters. The lowest BCUT2D eigenvalue weighted by molar-refractivity contribution is -0.123. The molecule has 0 saturated heterocycles. The van der Waals surface area contributed by atoms with Crippen molar-refractivity contribution in [3.05, 3.63) is 62.0 Å². The number of carbonyl (C=O) groups is 1. The number of nitrogens with one attached hydrogen (secondary N) is 1. The summed E-state index contributed by atoms with van der Waals surface area (Å²) >= 11 is 6.83. The van der Waals surface area contributed by atoms with Crippen molar-refractivity contribution in [3.8, 4) is 5.75 Å². The molecule has 126 valence electrons. The van der Waals surface area contributed by atoms with Gasteiger partial charge in [-0.05, 0) is 61.7 Å². The van der Waals surface area contributed by atoms with Gasteiger partial charge < -0.3 is 4.74 Å². The summed E-state index contributed by atoms with van der Waals surface area (Å²) in [7, 11) is 0. The predicted octanol–water partition coefficient (Wildman–Crippen LogP) is 4.75. The summed E-state index contributed by atoms with van der Waals surface area (Å²) in [6, 6.07) is 11.6. The molecule has 0 spiro atoms. The number of amides is 1. The van der Waals surface area contributed by atoms with E-state index in [1.165, 1.54) is 0 Å². The Bertz CT molecular complexity index is 748. The van der Waals surface area contributed by atoms with E-state index in [0.29, 0.717) is 0 Å². The molecule has 0 radical (unpaired) electrons. The van der Waals surface area contributed by atoms with Gasteiger partial charge in [0.1, 0.15) is 5.75 Å². The standard InChI is InChI=1S/C18H18Br2N2O2/c1-11-8-16(20)9-12(2)18(11)24-10-17(23)22-21-13(3)14-4-6-15(19)7-5-14/h4-9H,10H2,1-3H3,(H,22,23). The van der Waals surface area contributed by atoms with Gasteiger partial charge in [0.25, 0.3) is 5.91 Å². The maximum absolute atomic E-state index is 11.9. The highest BCUT2D eigenvalue weighted by Gasteiger charge is 2.08. The van der Waals surface area contributed by atoms with E-state index >= 15 is 0 Å². The highest BCUT2D eigenvalue weighted by atomic mass is 79.9. The zero-order valence-electron chi connectivity index (χ0n) is 13.7. The first-order chi connectivity index (χ1) is 11.4. The van der Waals surface area contributed by atoms with Gasteiger partial charge in [-0.3, -0.25) is 4.79 Å². The van der Waals surface area contributed by atoms with Crippen LogP contribution in [0.5, 0.6) is 5.75 Å². The van der Waals surface area contributed by atoms with E-state index in [0.717, 1.165) is 37.1 Å². The summed E-state index contributed by atoms with van der Waals surface area (Å²) in [6.07, 6.45) is 0. The molecule has 2 rings (SSSR count). The number of nitrogens with zero attached hydrogens (tertiary/aromatic N) is 1. The summed E-state index contributed by atoms with van der Waals surface area (Å²) in [5.74, 6) is 0.426. The Balaban J connectivity index is 1.94. The first kappa shape index (κ1) is 18.7. The summed E-state index contributed by atoms with van der Waals surface area (Å²) in [4.78, 5) is 11.9. The Morgan fingerprint density at radius 2 is 1.67 bits per heavy atom. The van der Waals surface area contributed by atoms with E-state index in [9.17, 15) is 4.79 Å². The molecule has 0 aliphatic rings. The monoisotopic (exact) mass is 452 g/mol. The molecule has 1 N–H and O–H groups in total. The Kier molecular flexibility index (Phi) is 6.57. The zero-order chi connectivity index (χ0) is 17.7. The average Bonchev–Trinajstić information content (AvgIpc) is 2.52. The second-order valence-corrected chi connectivity index (χ2v) is 7.23. The van der Waals surface area contributed by atoms with Crippen LogP contribution < -0.4 is 10.2 Å². The van der Waals surface area contributed by atoms with Crippen LogP contribution in [0, 0.1) is 13.8 Å². The number of ether oxygens (including phenoxy) is 1. The molecule has 1 amide bonds. The van der Waals surface area contributed by atoms with Crippen molar-refractivity contribution in [2.45, 2.75) is 20.8 Å². The molecule has 0 bridgehead atoms. The van der Waals surface area contributed by atoms with Gasteiger partial charge in [0, 0.05) is 8.95 Å². The van der Waals surface area contributed by atoms with Crippen LogP contribution in [0.2, 0.25) is 0 Å². The van der Waals surface area contributed by atoms with E-state index in [-0.39, 0.29) is 12.5 Å². The SMILES string of the molecule is CC(=NNC(=O)COc1c(C)cc(Br)cc1C)c1ccc(Br)cc1. The molecule has 24 heavy (non-hydrogen) atoms. The second-order valence-electron chi connectivity index (χ2n) is 5.40. The van der Waals surface area contributed by atoms with Gasteiger partial charge in [-0.25, -0.2) is 5.43 Å². The minimum Gasteiger partial charge on any atom is -0.483 e. The van der Waals surface area contributed by atoms with E-state index in [2.05, 4.69) is 42.4 Å². The summed E-state index contributed by atoms with van der Waals surface area (Å²) in [5.41, 5.74) is 6.14. The van der Waals surface area contributed by atoms with Gasteiger partial charge in [-0.1, -0.05) is 44.0 Å². The number of hydrazone groups is 1. The lowest BCUT2D eigenvalue weighted by Crippen LogP contribution is -2.26. The molecule has 2 aromatic carbocycles. The lowest BCUT2D eigenvalue weighted by Gasteiger charge is -2.12. The van der Waals surface area contributed by atoms with Gasteiger partial charge in [-0.15, -0.1) is 0 Å². The number of halogens is 2. The largest absolute Gasteiger partial charge is 0.483 e. The number of rotatable bonds is 5. The van der Waals surface area contributed by atoms with Crippen LogP contribution >= 0.6 is 31.9 Å². The van der Waals surface area contributed by atoms with Crippen molar-refractivity contribution in [2.75, 3.05) is 6.61 Å². The van der Waals surface area contributed by atoms with Crippen molar-refractivity contribution in [1.29, 1.82) is 0 Å². The fraction of sp³-hybridized carbons (Fsp3) is 0.222. The van der Waals surface area contributed by atoms with Crippen LogP contribution in [-0.4, -0.2) is 18.2 Å². The van der Waals surface area contributed by atoms with Gasteiger partial charge in [0.2, 0.25) is 0 Å². The lowest BCUT2D eigenvalue weighted by atomic mass is 10.1. The van der Waals surface area contributed by atoms with Crippen molar-refractivity contribution >= 4 is 43.5 Å². The quantitative estimate of drug-likeness (QED) is 0.524. The first-order valence-electron chi connectivity index (χ1n) is 7.35. The van der Waals surface area contributed by atoms with Gasteiger partial charge in [0.15, 0.2) is 6.61 Å². The molecule has 0 saturated carbocycles.